The van der Waals surface area contributed by atoms with Crippen LogP contribution in [-0.2, 0) is 4.79 Å². The lowest BCUT2D eigenvalue weighted by Gasteiger charge is -2.22. The van der Waals surface area contributed by atoms with E-state index in [0.717, 1.165) is 0 Å². The predicted octanol–water partition coefficient (Wildman–Crippen LogP) is 2.40. The van der Waals surface area contributed by atoms with E-state index in [0.29, 0.717) is 11.3 Å². The zero-order valence-corrected chi connectivity index (χ0v) is 12.7. The van der Waals surface area contributed by atoms with Crippen molar-refractivity contribution in [2.24, 2.45) is 0 Å². The van der Waals surface area contributed by atoms with Gasteiger partial charge < -0.3 is 15.4 Å². The summed E-state index contributed by atoms with van der Waals surface area (Å²) in [5.41, 5.74) is 0.238. The first kappa shape index (κ1) is 16.4. The maximum atomic E-state index is 13.9. The van der Waals surface area contributed by atoms with Gasteiger partial charge in [0.15, 0.2) is 0 Å². The van der Waals surface area contributed by atoms with Crippen molar-refractivity contribution in [2.75, 3.05) is 13.7 Å². The van der Waals surface area contributed by atoms with Crippen molar-refractivity contribution < 1.29 is 13.9 Å². The first-order valence-electron chi connectivity index (χ1n) is 6.61. The second kappa shape index (κ2) is 6.70. The Labute approximate surface area is 119 Å². The molecule has 5 heteroatoms. The lowest BCUT2D eigenvalue weighted by atomic mass is 10.1. The molecule has 0 saturated heterocycles. The van der Waals surface area contributed by atoms with E-state index in [1.165, 1.54) is 13.2 Å². The van der Waals surface area contributed by atoms with Gasteiger partial charge in [-0.3, -0.25) is 4.79 Å². The van der Waals surface area contributed by atoms with Gasteiger partial charge in [-0.15, -0.1) is 0 Å². The van der Waals surface area contributed by atoms with Gasteiger partial charge in [0.2, 0.25) is 5.91 Å². The highest BCUT2D eigenvalue weighted by molar-refractivity contribution is 5.78. The number of halogens is 1. The smallest absolute Gasteiger partial charge is 0.234 e. The molecule has 4 nitrogen and oxygen atoms in total. The molecule has 1 unspecified atom stereocenters. The van der Waals surface area contributed by atoms with Crippen molar-refractivity contribution in [1.29, 1.82) is 0 Å². The summed E-state index contributed by atoms with van der Waals surface area (Å²) in [4.78, 5) is 11.7. The van der Waals surface area contributed by atoms with Crippen LogP contribution < -0.4 is 15.4 Å². The van der Waals surface area contributed by atoms with Gasteiger partial charge in [-0.1, -0.05) is 6.07 Å². The third-order valence-electron chi connectivity index (χ3n) is 2.76. The molecule has 0 fully saturated rings. The lowest BCUT2D eigenvalue weighted by molar-refractivity contribution is -0.121. The van der Waals surface area contributed by atoms with E-state index in [1.807, 2.05) is 27.7 Å². The van der Waals surface area contributed by atoms with Crippen molar-refractivity contribution in [2.45, 2.75) is 39.3 Å². The number of nitrogens with one attached hydrogen (secondary N) is 2. The highest BCUT2D eigenvalue weighted by Gasteiger charge is 2.16. The summed E-state index contributed by atoms with van der Waals surface area (Å²) in [5.74, 6) is 0.0165. The minimum atomic E-state index is -0.347. The van der Waals surface area contributed by atoms with E-state index in [-0.39, 0.29) is 29.8 Å². The Morgan fingerprint density at radius 2 is 2.05 bits per heavy atom. The number of ether oxygens (including phenoxy) is 1. The van der Waals surface area contributed by atoms with Gasteiger partial charge in [0, 0.05) is 23.2 Å². The van der Waals surface area contributed by atoms with Crippen LogP contribution in [-0.4, -0.2) is 25.1 Å². The van der Waals surface area contributed by atoms with Crippen LogP contribution in [0.4, 0.5) is 4.39 Å². The van der Waals surface area contributed by atoms with E-state index >= 15 is 0 Å². The Kier molecular flexibility index (Phi) is 5.51. The molecule has 1 amide bonds. The first-order valence-corrected chi connectivity index (χ1v) is 6.61. The molecule has 0 aromatic heterocycles. The third-order valence-corrected chi connectivity index (χ3v) is 2.76. The van der Waals surface area contributed by atoms with E-state index in [9.17, 15) is 9.18 Å². The number of methoxy groups -OCH3 is 1. The summed E-state index contributed by atoms with van der Waals surface area (Å²) in [6.45, 7) is 7.70. The van der Waals surface area contributed by atoms with Gasteiger partial charge in [-0.2, -0.15) is 0 Å². The van der Waals surface area contributed by atoms with Crippen LogP contribution in [0.15, 0.2) is 18.2 Å². The van der Waals surface area contributed by atoms with Crippen LogP contribution in [0.1, 0.15) is 39.3 Å². The predicted molar refractivity (Wildman–Crippen MR) is 77.3 cm³/mol. The van der Waals surface area contributed by atoms with Crippen molar-refractivity contribution in [3.8, 4) is 5.75 Å². The van der Waals surface area contributed by atoms with Crippen LogP contribution in [0.5, 0.6) is 5.75 Å². The van der Waals surface area contributed by atoms with E-state index in [2.05, 4.69) is 10.6 Å². The van der Waals surface area contributed by atoms with Crippen LogP contribution in [0.3, 0.4) is 0 Å². The van der Waals surface area contributed by atoms with Crippen molar-refractivity contribution in [1.82, 2.24) is 10.6 Å². The molecule has 0 saturated carbocycles. The maximum absolute atomic E-state index is 13.9. The molecule has 0 aliphatic heterocycles. The van der Waals surface area contributed by atoms with Crippen molar-refractivity contribution in [3.63, 3.8) is 0 Å². The summed E-state index contributed by atoms with van der Waals surface area (Å²) >= 11 is 0. The average molecular weight is 282 g/mol. The van der Waals surface area contributed by atoms with Gasteiger partial charge >= 0.3 is 0 Å². The molecule has 1 aromatic carbocycles. The molecular weight excluding hydrogens is 259 g/mol. The molecule has 0 radical (unpaired) electrons. The topological polar surface area (TPSA) is 50.4 Å². The second-order valence-electron chi connectivity index (χ2n) is 5.79. The normalized spacial score (nSPS) is 12.9. The average Bonchev–Trinajstić information content (AvgIpc) is 2.33. The van der Waals surface area contributed by atoms with Gasteiger partial charge in [0.05, 0.1) is 13.7 Å². The van der Waals surface area contributed by atoms with Gasteiger partial charge in [0.25, 0.3) is 0 Å². The quantitative estimate of drug-likeness (QED) is 0.872. The maximum Gasteiger partial charge on any atom is 0.234 e. The van der Waals surface area contributed by atoms with E-state index in [1.54, 1.807) is 12.1 Å². The monoisotopic (exact) mass is 282 g/mol. The number of hydrogen-bond acceptors (Lipinski definition) is 3. The number of hydrogen-bond donors (Lipinski definition) is 2. The third kappa shape index (κ3) is 5.17. The minimum absolute atomic E-state index is 0.113. The molecule has 112 valence electrons. The Hall–Kier alpha value is -1.62. The molecule has 1 aromatic rings. The fraction of sp³-hybridized carbons (Fsp3) is 0.533. The van der Waals surface area contributed by atoms with Crippen molar-refractivity contribution in [3.05, 3.63) is 29.6 Å². The van der Waals surface area contributed by atoms with Crippen LogP contribution in [0, 0.1) is 5.82 Å². The first-order chi connectivity index (χ1) is 9.23. The number of carbonyl (C=O) groups is 1. The minimum Gasteiger partial charge on any atom is -0.497 e. The number of amides is 1. The fourth-order valence-electron chi connectivity index (χ4n) is 1.80. The summed E-state index contributed by atoms with van der Waals surface area (Å²) < 4.78 is 18.8. The van der Waals surface area contributed by atoms with Crippen LogP contribution in [0.25, 0.3) is 0 Å². The second-order valence-corrected chi connectivity index (χ2v) is 5.79. The van der Waals surface area contributed by atoms with Gasteiger partial charge in [-0.05, 0) is 33.8 Å². The lowest BCUT2D eigenvalue weighted by Crippen LogP contribution is -2.45. The number of rotatable bonds is 5. The van der Waals surface area contributed by atoms with E-state index in [4.69, 9.17) is 4.74 Å². The SMILES string of the molecule is COc1ccc(C(C)NCC(=O)NC(C)(C)C)c(F)c1. The molecule has 0 spiro atoms. The Bertz CT molecular complexity index is 469. The van der Waals surface area contributed by atoms with Gasteiger partial charge in [0.1, 0.15) is 11.6 Å². The molecule has 1 rings (SSSR count). The zero-order chi connectivity index (χ0) is 15.3. The van der Waals surface area contributed by atoms with Gasteiger partial charge in [-0.25, -0.2) is 4.39 Å². The summed E-state index contributed by atoms with van der Waals surface area (Å²) in [5, 5.41) is 5.85. The van der Waals surface area contributed by atoms with E-state index < -0.39 is 0 Å². The van der Waals surface area contributed by atoms with Crippen LogP contribution >= 0.6 is 0 Å². The molecule has 2 N–H and O–H groups in total. The highest BCUT2D eigenvalue weighted by Crippen LogP contribution is 2.21. The zero-order valence-electron chi connectivity index (χ0n) is 12.7. The Morgan fingerprint density at radius 1 is 1.40 bits per heavy atom. The molecule has 1 atom stereocenters. The Balaban J connectivity index is 2.59. The number of carbonyl (C=O) groups excluding carboxylic acids is 1. The highest BCUT2D eigenvalue weighted by atomic mass is 19.1. The molecule has 0 heterocycles. The Morgan fingerprint density at radius 3 is 2.55 bits per heavy atom. The summed E-state index contributed by atoms with van der Waals surface area (Å²) in [6, 6.07) is 4.44. The fourth-order valence-corrected chi connectivity index (χ4v) is 1.80. The molecule has 0 aliphatic rings. The number of benzene rings is 1. The molecule has 20 heavy (non-hydrogen) atoms. The van der Waals surface area contributed by atoms with Crippen LogP contribution in [0.2, 0.25) is 0 Å². The standard InChI is InChI=1S/C15H23FN2O2/c1-10(17-9-14(19)18-15(2,3)4)12-7-6-11(20-5)8-13(12)16/h6-8,10,17H,9H2,1-5H3,(H,18,19). The molecule has 0 bridgehead atoms. The molecule has 0 aliphatic carbocycles. The summed E-state index contributed by atoms with van der Waals surface area (Å²) in [7, 11) is 1.49. The summed E-state index contributed by atoms with van der Waals surface area (Å²) in [6.07, 6.45) is 0. The molecular formula is C15H23FN2O2. The largest absolute Gasteiger partial charge is 0.497 e. The van der Waals surface area contributed by atoms with Crippen molar-refractivity contribution >= 4 is 5.91 Å².